The first kappa shape index (κ1) is 15.9. The monoisotopic (exact) mass is 336 g/mol. The van der Waals surface area contributed by atoms with Crippen LogP contribution in [-0.4, -0.2) is 59.4 Å². The predicted octanol–water partition coefficient (Wildman–Crippen LogP) is 0.650. The van der Waals surface area contributed by atoms with Crippen LogP contribution in [0.4, 0.5) is 5.82 Å². The Morgan fingerprint density at radius 3 is 2.91 bits per heavy atom. The van der Waals surface area contributed by atoms with Crippen molar-refractivity contribution in [3.05, 3.63) is 30.2 Å². The molecule has 1 fully saturated rings. The number of nitrogens with zero attached hydrogens (tertiary/aromatic N) is 4. The third kappa shape index (κ3) is 2.94. The van der Waals surface area contributed by atoms with Gasteiger partial charge in [-0.05, 0) is 24.1 Å². The summed E-state index contributed by atoms with van der Waals surface area (Å²) in [5, 5.41) is 7.15. The minimum Gasteiger partial charge on any atom is -0.384 e. The van der Waals surface area contributed by atoms with Gasteiger partial charge in [0.25, 0.3) is 10.2 Å². The quantitative estimate of drug-likeness (QED) is 0.852. The number of pyridine rings is 1. The zero-order valence-electron chi connectivity index (χ0n) is 13.1. The molecule has 3 rings (SSSR count). The van der Waals surface area contributed by atoms with Gasteiger partial charge in [0.1, 0.15) is 5.82 Å². The molecule has 3 heterocycles. The van der Waals surface area contributed by atoms with Gasteiger partial charge in [0, 0.05) is 50.6 Å². The fourth-order valence-corrected chi connectivity index (χ4v) is 4.02. The highest BCUT2D eigenvalue weighted by Gasteiger charge is 2.35. The van der Waals surface area contributed by atoms with Crippen molar-refractivity contribution in [3.63, 3.8) is 0 Å². The standard InChI is InChI=1S/C14H20N6O2S/c1-19(2)23(21,22)20-6-4-11(9-20)14-12(8-17-18-14)10-3-5-16-13(15)7-10/h3,5,7-8,11H,4,6,9H2,1-2H3,(H2,15,16)(H,17,18). The summed E-state index contributed by atoms with van der Waals surface area (Å²) in [4.78, 5) is 3.99. The van der Waals surface area contributed by atoms with Crippen LogP contribution in [0.25, 0.3) is 11.1 Å². The molecule has 0 radical (unpaired) electrons. The van der Waals surface area contributed by atoms with Crippen LogP contribution >= 0.6 is 0 Å². The molecule has 124 valence electrons. The second-order valence-electron chi connectivity index (χ2n) is 5.80. The van der Waals surface area contributed by atoms with E-state index < -0.39 is 10.2 Å². The highest BCUT2D eigenvalue weighted by atomic mass is 32.2. The SMILES string of the molecule is CN(C)S(=O)(=O)N1CCC(c2[nH]ncc2-c2ccnc(N)c2)C1. The average molecular weight is 336 g/mol. The third-order valence-corrected chi connectivity index (χ3v) is 6.01. The highest BCUT2D eigenvalue weighted by Crippen LogP contribution is 2.34. The average Bonchev–Trinajstić information content (AvgIpc) is 3.16. The number of nitrogens with two attached hydrogens (primary N) is 1. The summed E-state index contributed by atoms with van der Waals surface area (Å²) in [7, 11) is -0.291. The van der Waals surface area contributed by atoms with Crippen LogP contribution in [0.15, 0.2) is 24.5 Å². The number of aromatic nitrogens is 3. The first-order valence-corrected chi connectivity index (χ1v) is 8.72. The largest absolute Gasteiger partial charge is 0.384 e. The minimum absolute atomic E-state index is 0.0802. The molecule has 8 nitrogen and oxygen atoms in total. The van der Waals surface area contributed by atoms with Crippen molar-refractivity contribution in [1.29, 1.82) is 0 Å². The van der Waals surface area contributed by atoms with E-state index in [-0.39, 0.29) is 5.92 Å². The number of rotatable bonds is 4. The maximum absolute atomic E-state index is 12.2. The molecule has 1 aliphatic rings. The number of nitrogen functional groups attached to an aromatic ring is 1. The molecule has 0 amide bonds. The Balaban J connectivity index is 1.87. The number of anilines is 1. The molecule has 1 aliphatic heterocycles. The Morgan fingerprint density at radius 2 is 2.22 bits per heavy atom. The highest BCUT2D eigenvalue weighted by molar-refractivity contribution is 7.86. The molecule has 0 bridgehead atoms. The molecular weight excluding hydrogens is 316 g/mol. The van der Waals surface area contributed by atoms with E-state index in [0.717, 1.165) is 23.2 Å². The van der Waals surface area contributed by atoms with Crippen molar-refractivity contribution < 1.29 is 8.42 Å². The van der Waals surface area contributed by atoms with Crippen LogP contribution in [0.5, 0.6) is 0 Å². The summed E-state index contributed by atoms with van der Waals surface area (Å²) in [6.45, 7) is 0.943. The molecule has 1 unspecified atom stereocenters. The van der Waals surface area contributed by atoms with Gasteiger partial charge in [-0.3, -0.25) is 5.10 Å². The molecule has 9 heteroatoms. The molecule has 0 spiro atoms. The first-order chi connectivity index (χ1) is 10.9. The van der Waals surface area contributed by atoms with E-state index in [9.17, 15) is 8.42 Å². The summed E-state index contributed by atoms with van der Waals surface area (Å²) in [6, 6.07) is 3.66. The summed E-state index contributed by atoms with van der Waals surface area (Å²) >= 11 is 0. The summed E-state index contributed by atoms with van der Waals surface area (Å²) in [5.41, 5.74) is 8.55. The van der Waals surface area contributed by atoms with Gasteiger partial charge in [-0.15, -0.1) is 0 Å². The van der Waals surface area contributed by atoms with Gasteiger partial charge >= 0.3 is 0 Å². The lowest BCUT2D eigenvalue weighted by atomic mass is 9.97. The fraction of sp³-hybridized carbons (Fsp3) is 0.429. The van der Waals surface area contributed by atoms with Gasteiger partial charge in [-0.1, -0.05) is 0 Å². The normalized spacial score (nSPS) is 19.5. The number of aromatic amines is 1. The third-order valence-electron chi connectivity index (χ3n) is 4.11. The lowest BCUT2D eigenvalue weighted by molar-refractivity contribution is 0.418. The van der Waals surface area contributed by atoms with E-state index in [4.69, 9.17) is 5.73 Å². The number of nitrogens with one attached hydrogen (secondary N) is 1. The Kier molecular flexibility index (Phi) is 4.09. The van der Waals surface area contributed by atoms with E-state index in [1.807, 2.05) is 6.07 Å². The first-order valence-electron chi connectivity index (χ1n) is 7.32. The van der Waals surface area contributed by atoms with Crippen molar-refractivity contribution in [2.45, 2.75) is 12.3 Å². The second-order valence-corrected chi connectivity index (χ2v) is 7.94. The molecule has 3 N–H and O–H groups in total. The second kappa shape index (κ2) is 5.91. The van der Waals surface area contributed by atoms with Crippen LogP contribution in [0.1, 0.15) is 18.0 Å². The Hall–Kier alpha value is -1.97. The van der Waals surface area contributed by atoms with Crippen molar-refractivity contribution in [2.24, 2.45) is 0 Å². The molecule has 2 aromatic heterocycles. The number of hydrogen-bond donors (Lipinski definition) is 2. The topological polar surface area (TPSA) is 108 Å². The molecular formula is C14H20N6O2S. The van der Waals surface area contributed by atoms with Crippen LogP contribution in [0, 0.1) is 0 Å². The fourth-order valence-electron chi connectivity index (χ4n) is 2.86. The summed E-state index contributed by atoms with van der Waals surface area (Å²) in [6.07, 6.45) is 4.15. The maximum Gasteiger partial charge on any atom is 0.281 e. The Labute approximate surface area is 135 Å². The smallest absolute Gasteiger partial charge is 0.281 e. The van der Waals surface area contributed by atoms with E-state index >= 15 is 0 Å². The van der Waals surface area contributed by atoms with Crippen LogP contribution in [0.3, 0.4) is 0 Å². The van der Waals surface area contributed by atoms with Crippen molar-refractivity contribution in [1.82, 2.24) is 23.8 Å². The van der Waals surface area contributed by atoms with Gasteiger partial charge in [-0.2, -0.15) is 22.1 Å². The Bertz CT molecular complexity index is 801. The zero-order valence-corrected chi connectivity index (χ0v) is 13.9. The van der Waals surface area contributed by atoms with Gasteiger partial charge < -0.3 is 5.73 Å². The van der Waals surface area contributed by atoms with Gasteiger partial charge in [0.2, 0.25) is 0 Å². The Morgan fingerprint density at radius 1 is 1.43 bits per heavy atom. The molecule has 0 aromatic carbocycles. The summed E-state index contributed by atoms with van der Waals surface area (Å²) in [5.74, 6) is 0.523. The van der Waals surface area contributed by atoms with Crippen LogP contribution in [-0.2, 0) is 10.2 Å². The lowest BCUT2D eigenvalue weighted by Gasteiger charge is -2.20. The van der Waals surface area contributed by atoms with Crippen LogP contribution < -0.4 is 5.73 Å². The van der Waals surface area contributed by atoms with E-state index in [1.165, 1.54) is 8.61 Å². The molecule has 23 heavy (non-hydrogen) atoms. The molecule has 0 aliphatic carbocycles. The van der Waals surface area contributed by atoms with E-state index in [0.29, 0.717) is 18.9 Å². The molecule has 1 saturated heterocycles. The minimum atomic E-state index is -3.38. The van der Waals surface area contributed by atoms with E-state index in [2.05, 4.69) is 15.2 Å². The van der Waals surface area contributed by atoms with E-state index in [1.54, 1.807) is 32.6 Å². The zero-order chi connectivity index (χ0) is 16.6. The lowest BCUT2D eigenvalue weighted by Crippen LogP contribution is -2.38. The van der Waals surface area contributed by atoms with Gasteiger partial charge in [0.05, 0.1) is 6.20 Å². The van der Waals surface area contributed by atoms with Gasteiger partial charge in [-0.25, -0.2) is 4.98 Å². The van der Waals surface area contributed by atoms with Crippen molar-refractivity contribution in [2.75, 3.05) is 32.9 Å². The summed E-state index contributed by atoms with van der Waals surface area (Å²) < 4.78 is 27.2. The molecule has 0 saturated carbocycles. The number of hydrogen-bond acceptors (Lipinski definition) is 5. The maximum atomic E-state index is 12.2. The van der Waals surface area contributed by atoms with Crippen LogP contribution in [0.2, 0.25) is 0 Å². The predicted molar refractivity (Wildman–Crippen MR) is 87.8 cm³/mol. The number of H-pyrrole nitrogens is 1. The van der Waals surface area contributed by atoms with Crippen molar-refractivity contribution in [3.8, 4) is 11.1 Å². The molecule has 2 aromatic rings. The van der Waals surface area contributed by atoms with Gasteiger partial charge in [0.15, 0.2) is 0 Å². The van der Waals surface area contributed by atoms with Crippen molar-refractivity contribution >= 4 is 16.0 Å². The molecule has 1 atom stereocenters.